The lowest BCUT2D eigenvalue weighted by Crippen LogP contribution is -2.32. The normalized spacial score (nSPS) is 12.2. The molecule has 0 spiro atoms. The van der Waals surface area contributed by atoms with Crippen molar-refractivity contribution in [2.24, 2.45) is 5.14 Å². The maximum Gasteiger partial charge on any atom is 0.266 e. The molecular weight excluding hydrogens is 366 g/mol. The number of sulfonamides is 2. The number of hydrogen-bond donors (Lipinski definition) is 2. The molecule has 0 fully saturated rings. The van der Waals surface area contributed by atoms with Crippen molar-refractivity contribution in [2.45, 2.75) is 29.6 Å². The van der Waals surface area contributed by atoms with Gasteiger partial charge in [-0.25, -0.2) is 26.7 Å². The first-order chi connectivity index (χ1) is 11.5. The second-order valence-electron chi connectivity index (χ2n) is 5.55. The highest BCUT2D eigenvalue weighted by Crippen LogP contribution is 2.19. The maximum atomic E-state index is 12.4. The molecule has 3 N–H and O–H groups in total. The van der Waals surface area contributed by atoms with Crippen molar-refractivity contribution in [3.8, 4) is 0 Å². The summed E-state index contributed by atoms with van der Waals surface area (Å²) in [6.07, 6.45) is 1.26. The van der Waals surface area contributed by atoms with Crippen molar-refractivity contribution in [3.05, 3.63) is 53.9 Å². The van der Waals surface area contributed by atoms with Crippen LogP contribution in [0.25, 0.3) is 0 Å². The second kappa shape index (κ2) is 6.90. The smallest absolute Gasteiger partial charge is 0.266 e. The van der Waals surface area contributed by atoms with Gasteiger partial charge in [-0.2, -0.15) is 0 Å². The summed E-state index contributed by atoms with van der Waals surface area (Å²) in [5, 5.41) is 5.03. The predicted octanol–water partition coefficient (Wildman–Crippen LogP) is 0.971. The van der Waals surface area contributed by atoms with E-state index < -0.39 is 35.7 Å². The average molecular weight is 383 g/mol. The molecule has 0 saturated carbocycles. The van der Waals surface area contributed by atoms with Gasteiger partial charge in [-0.3, -0.25) is 9.78 Å². The summed E-state index contributed by atoms with van der Waals surface area (Å²) < 4.78 is 49.7. The van der Waals surface area contributed by atoms with E-state index in [2.05, 4.69) is 4.98 Å². The molecule has 1 heterocycles. The van der Waals surface area contributed by atoms with Gasteiger partial charge in [-0.15, -0.1) is 0 Å². The highest BCUT2D eigenvalue weighted by atomic mass is 32.2. The van der Waals surface area contributed by atoms with E-state index in [0.29, 0.717) is 0 Å². The second-order valence-corrected chi connectivity index (χ2v) is 8.73. The van der Waals surface area contributed by atoms with Gasteiger partial charge in [0.15, 0.2) is 0 Å². The number of nitrogens with two attached hydrogens (primary N) is 1. The number of amides is 1. The van der Waals surface area contributed by atoms with E-state index in [0.717, 1.165) is 17.8 Å². The molecule has 0 unspecified atom stereocenters. The molecule has 1 aromatic carbocycles. The first-order valence-corrected chi connectivity index (χ1v) is 10.2. The topological polar surface area (TPSA) is 136 Å². The number of nitrogens with one attached hydrogen (secondary N) is 1. The van der Waals surface area contributed by atoms with Crippen molar-refractivity contribution >= 4 is 26.0 Å². The summed E-state index contributed by atoms with van der Waals surface area (Å²) in [5.41, 5.74) is 0.778. The Kier molecular flexibility index (Phi) is 5.26. The number of rotatable bonds is 5. The Morgan fingerprint density at radius 3 is 2.12 bits per heavy atom. The van der Waals surface area contributed by atoms with Crippen LogP contribution >= 0.6 is 0 Å². The molecule has 25 heavy (non-hydrogen) atoms. The largest absolute Gasteiger partial charge is 0.268 e. The Bertz CT molecular complexity index is 998. The monoisotopic (exact) mass is 383 g/mol. The van der Waals surface area contributed by atoms with Gasteiger partial charge in [-0.05, 0) is 30.2 Å². The third kappa shape index (κ3) is 4.41. The van der Waals surface area contributed by atoms with Gasteiger partial charge >= 0.3 is 0 Å². The number of pyridine rings is 1. The van der Waals surface area contributed by atoms with E-state index in [9.17, 15) is 21.6 Å². The third-order valence-corrected chi connectivity index (χ3v) is 5.80. The van der Waals surface area contributed by atoms with E-state index in [1.54, 1.807) is 6.07 Å². The zero-order valence-electron chi connectivity index (χ0n) is 13.5. The van der Waals surface area contributed by atoms with Crippen LogP contribution in [0.3, 0.4) is 0 Å². The first-order valence-electron chi connectivity index (χ1n) is 7.17. The summed E-state index contributed by atoms with van der Waals surface area (Å²) in [5.74, 6) is -0.769. The number of carbonyl (C=O) groups is 1. The number of benzene rings is 1. The summed E-state index contributed by atoms with van der Waals surface area (Å²) >= 11 is 0. The molecule has 8 nitrogen and oxygen atoms in total. The lowest BCUT2D eigenvalue weighted by atomic mass is 10.1. The molecule has 0 aliphatic heterocycles. The molecule has 0 bridgehead atoms. The van der Waals surface area contributed by atoms with E-state index >= 15 is 0 Å². The molecule has 0 radical (unpaired) electrons. The van der Waals surface area contributed by atoms with Crippen molar-refractivity contribution in [1.29, 1.82) is 0 Å². The first kappa shape index (κ1) is 19.0. The Balaban J connectivity index is 2.35. The van der Waals surface area contributed by atoms with Gasteiger partial charge in [0.2, 0.25) is 10.0 Å². The number of primary sulfonamides is 1. The van der Waals surface area contributed by atoms with Crippen LogP contribution in [-0.4, -0.2) is 27.7 Å². The average Bonchev–Trinajstić information content (AvgIpc) is 2.53. The fourth-order valence-electron chi connectivity index (χ4n) is 2.02. The van der Waals surface area contributed by atoms with Crippen molar-refractivity contribution < 1.29 is 21.6 Å². The van der Waals surface area contributed by atoms with Crippen LogP contribution in [0.15, 0.2) is 52.4 Å². The minimum Gasteiger partial charge on any atom is -0.268 e. The molecule has 0 saturated heterocycles. The fourth-order valence-corrected chi connectivity index (χ4v) is 4.38. The van der Waals surface area contributed by atoms with Gasteiger partial charge in [-0.1, -0.05) is 26.0 Å². The van der Waals surface area contributed by atoms with Crippen LogP contribution in [0.5, 0.6) is 0 Å². The molecule has 2 aromatic rings. The van der Waals surface area contributed by atoms with Crippen LogP contribution in [0.1, 0.15) is 35.8 Å². The summed E-state index contributed by atoms with van der Waals surface area (Å²) in [6, 6.07) is 7.81. The maximum absolute atomic E-state index is 12.4. The quantitative estimate of drug-likeness (QED) is 0.789. The molecule has 10 heteroatoms. The van der Waals surface area contributed by atoms with Crippen LogP contribution < -0.4 is 9.86 Å². The fraction of sp³-hybridized carbons (Fsp3) is 0.200. The highest BCUT2D eigenvalue weighted by Gasteiger charge is 2.26. The molecule has 1 amide bonds. The van der Waals surface area contributed by atoms with E-state index in [1.807, 2.05) is 18.6 Å². The van der Waals surface area contributed by atoms with E-state index in [1.165, 1.54) is 24.4 Å². The van der Waals surface area contributed by atoms with Crippen LogP contribution in [0.2, 0.25) is 0 Å². The molecular formula is C15H17N3O5S2. The lowest BCUT2D eigenvalue weighted by molar-refractivity contribution is 0.0981. The lowest BCUT2D eigenvalue weighted by Gasteiger charge is -2.10. The highest BCUT2D eigenvalue weighted by molar-refractivity contribution is 7.92. The molecule has 0 aliphatic rings. The van der Waals surface area contributed by atoms with Gasteiger partial charge in [0, 0.05) is 11.9 Å². The summed E-state index contributed by atoms with van der Waals surface area (Å²) in [6.45, 7) is 3.85. The van der Waals surface area contributed by atoms with E-state index in [-0.39, 0.29) is 11.5 Å². The summed E-state index contributed by atoms with van der Waals surface area (Å²) in [4.78, 5) is 15.1. The Hall–Kier alpha value is -2.30. The van der Waals surface area contributed by atoms with Gasteiger partial charge < -0.3 is 0 Å². The third-order valence-electron chi connectivity index (χ3n) is 3.31. The SMILES string of the molecule is CC(C)c1ccc(C(=O)NS(=O)(=O)c2ccccc2S(N)(=O)=O)cn1. The molecule has 134 valence electrons. The molecule has 0 aliphatic carbocycles. The number of nitrogens with zero attached hydrogens (tertiary/aromatic N) is 1. The van der Waals surface area contributed by atoms with Gasteiger partial charge in [0.25, 0.3) is 15.9 Å². The van der Waals surface area contributed by atoms with Crippen LogP contribution in [0, 0.1) is 0 Å². The van der Waals surface area contributed by atoms with Crippen LogP contribution in [-0.2, 0) is 20.0 Å². The van der Waals surface area contributed by atoms with Gasteiger partial charge in [0.1, 0.15) is 9.79 Å². The Morgan fingerprint density at radius 1 is 1.04 bits per heavy atom. The molecule has 0 atom stereocenters. The minimum absolute atomic E-state index is 0.0288. The van der Waals surface area contributed by atoms with Crippen molar-refractivity contribution in [3.63, 3.8) is 0 Å². The zero-order chi connectivity index (χ0) is 18.8. The van der Waals surface area contributed by atoms with Gasteiger partial charge in [0.05, 0.1) is 5.56 Å². The zero-order valence-corrected chi connectivity index (χ0v) is 15.1. The summed E-state index contributed by atoms with van der Waals surface area (Å²) in [7, 11) is -8.71. The molecule has 2 rings (SSSR count). The van der Waals surface area contributed by atoms with Crippen LogP contribution in [0.4, 0.5) is 0 Å². The number of carbonyl (C=O) groups excluding carboxylic acids is 1. The number of aromatic nitrogens is 1. The van der Waals surface area contributed by atoms with E-state index in [4.69, 9.17) is 5.14 Å². The standard InChI is InChI=1S/C15H17N3O5S2/c1-10(2)12-8-7-11(9-17-12)15(19)18-25(22,23)14-6-4-3-5-13(14)24(16,20)21/h3-10H,1-2H3,(H,18,19)(H2,16,20,21). The van der Waals surface area contributed by atoms with Crippen molar-refractivity contribution in [1.82, 2.24) is 9.71 Å². The minimum atomic E-state index is -4.43. The molecule has 1 aromatic heterocycles. The Morgan fingerprint density at radius 2 is 1.64 bits per heavy atom. The Labute approximate surface area is 146 Å². The number of hydrogen-bond acceptors (Lipinski definition) is 6. The van der Waals surface area contributed by atoms with Crippen molar-refractivity contribution in [2.75, 3.05) is 0 Å². The predicted molar refractivity (Wildman–Crippen MR) is 90.8 cm³/mol.